The summed E-state index contributed by atoms with van der Waals surface area (Å²) in [6.07, 6.45) is 4.69. The van der Waals surface area contributed by atoms with E-state index in [4.69, 9.17) is 0 Å². The Morgan fingerprint density at radius 1 is 1.44 bits per heavy atom. The normalized spacial score (nSPS) is 20.8. The van der Waals surface area contributed by atoms with Crippen molar-refractivity contribution in [1.82, 2.24) is 9.88 Å². The minimum atomic E-state index is 0.268. The van der Waals surface area contributed by atoms with Gasteiger partial charge in [0, 0.05) is 37.3 Å². The van der Waals surface area contributed by atoms with Gasteiger partial charge in [-0.05, 0) is 18.9 Å². The van der Waals surface area contributed by atoms with Gasteiger partial charge in [-0.2, -0.15) is 0 Å². The number of amides is 1. The van der Waals surface area contributed by atoms with E-state index in [1.54, 1.807) is 6.20 Å². The molecule has 0 saturated heterocycles. The predicted molar refractivity (Wildman–Crippen MR) is 60.9 cm³/mol. The fourth-order valence-electron chi connectivity index (χ4n) is 2.15. The number of hydrogen-bond donors (Lipinski definition) is 1. The SMILES string of the molecule is O=C1CCNc2ncccc2CN1C1CC1. The van der Waals surface area contributed by atoms with Gasteiger partial charge in [-0.3, -0.25) is 4.79 Å². The van der Waals surface area contributed by atoms with Crippen LogP contribution in [0.1, 0.15) is 24.8 Å². The number of aromatic nitrogens is 1. The van der Waals surface area contributed by atoms with Crippen LogP contribution in [-0.4, -0.2) is 28.4 Å². The van der Waals surface area contributed by atoms with Gasteiger partial charge in [-0.1, -0.05) is 6.07 Å². The molecule has 1 aliphatic heterocycles. The van der Waals surface area contributed by atoms with E-state index in [0.717, 1.165) is 24.2 Å². The summed E-state index contributed by atoms with van der Waals surface area (Å²) in [6.45, 7) is 1.39. The molecule has 1 fully saturated rings. The fraction of sp³-hybridized carbons (Fsp3) is 0.500. The number of pyridine rings is 1. The zero-order chi connectivity index (χ0) is 11.0. The van der Waals surface area contributed by atoms with Crippen molar-refractivity contribution in [1.29, 1.82) is 0 Å². The van der Waals surface area contributed by atoms with Gasteiger partial charge in [0.1, 0.15) is 5.82 Å². The summed E-state index contributed by atoms with van der Waals surface area (Å²) in [5, 5.41) is 3.22. The summed E-state index contributed by atoms with van der Waals surface area (Å²) in [4.78, 5) is 18.3. The van der Waals surface area contributed by atoms with Gasteiger partial charge in [-0.15, -0.1) is 0 Å². The van der Waals surface area contributed by atoms with Crippen LogP contribution in [0.3, 0.4) is 0 Å². The molecule has 0 bridgehead atoms. The number of anilines is 1. The molecule has 0 atom stereocenters. The summed E-state index contributed by atoms with van der Waals surface area (Å²) >= 11 is 0. The number of carbonyl (C=O) groups is 1. The van der Waals surface area contributed by atoms with E-state index >= 15 is 0 Å². The van der Waals surface area contributed by atoms with Crippen LogP contribution in [0.5, 0.6) is 0 Å². The van der Waals surface area contributed by atoms with E-state index in [2.05, 4.69) is 10.3 Å². The average Bonchev–Trinajstić information content (AvgIpc) is 3.08. The van der Waals surface area contributed by atoms with Crippen LogP contribution in [0.25, 0.3) is 0 Å². The van der Waals surface area contributed by atoms with Crippen molar-refractivity contribution in [3.8, 4) is 0 Å². The van der Waals surface area contributed by atoms with E-state index < -0.39 is 0 Å². The number of hydrogen-bond acceptors (Lipinski definition) is 3. The number of nitrogens with zero attached hydrogens (tertiary/aromatic N) is 2. The average molecular weight is 217 g/mol. The van der Waals surface area contributed by atoms with E-state index in [9.17, 15) is 4.79 Å². The first-order chi connectivity index (χ1) is 7.84. The Hall–Kier alpha value is -1.58. The monoisotopic (exact) mass is 217 g/mol. The van der Waals surface area contributed by atoms with Crippen LogP contribution in [0.4, 0.5) is 5.82 Å². The lowest BCUT2D eigenvalue weighted by Crippen LogP contribution is -2.35. The van der Waals surface area contributed by atoms with Crippen molar-refractivity contribution in [3.63, 3.8) is 0 Å². The van der Waals surface area contributed by atoms with E-state index in [1.165, 1.54) is 0 Å². The van der Waals surface area contributed by atoms with Crippen LogP contribution < -0.4 is 5.32 Å². The molecule has 84 valence electrons. The third-order valence-corrected chi connectivity index (χ3v) is 3.17. The van der Waals surface area contributed by atoms with Crippen LogP contribution in [0, 0.1) is 0 Å². The van der Waals surface area contributed by atoms with Crippen LogP contribution >= 0.6 is 0 Å². The molecule has 1 aliphatic carbocycles. The number of carbonyl (C=O) groups excluding carboxylic acids is 1. The highest BCUT2D eigenvalue weighted by Gasteiger charge is 2.33. The molecule has 0 unspecified atom stereocenters. The maximum absolute atomic E-state index is 11.9. The van der Waals surface area contributed by atoms with E-state index in [-0.39, 0.29) is 5.91 Å². The first kappa shape index (κ1) is 9.63. The Morgan fingerprint density at radius 2 is 2.31 bits per heavy atom. The predicted octanol–water partition coefficient (Wildman–Crippen LogP) is 1.39. The Labute approximate surface area is 94.7 Å². The first-order valence-corrected chi connectivity index (χ1v) is 5.82. The Bertz CT molecular complexity index is 414. The molecule has 2 aliphatic rings. The zero-order valence-corrected chi connectivity index (χ0v) is 9.15. The van der Waals surface area contributed by atoms with Crippen molar-refractivity contribution in [2.24, 2.45) is 0 Å². The largest absolute Gasteiger partial charge is 0.369 e. The molecule has 3 rings (SSSR count). The molecule has 1 aromatic rings. The van der Waals surface area contributed by atoms with Gasteiger partial charge in [-0.25, -0.2) is 4.98 Å². The van der Waals surface area contributed by atoms with Crippen molar-refractivity contribution in [2.45, 2.75) is 31.8 Å². The highest BCUT2D eigenvalue weighted by Crippen LogP contribution is 2.30. The lowest BCUT2D eigenvalue weighted by molar-refractivity contribution is -0.132. The Kier molecular flexibility index (Phi) is 2.27. The van der Waals surface area contributed by atoms with Gasteiger partial charge in [0.25, 0.3) is 0 Å². The molecule has 1 saturated carbocycles. The second kappa shape index (κ2) is 3.77. The Morgan fingerprint density at radius 3 is 3.12 bits per heavy atom. The Balaban J connectivity index is 1.90. The molecule has 0 radical (unpaired) electrons. The molecule has 16 heavy (non-hydrogen) atoms. The fourth-order valence-corrected chi connectivity index (χ4v) is 2.15. The third kappa shape index (κ3) is 1.75. The first-order valence-electron chi connectivity index (χ1n) is 5.82. The summed E-state index contributed by atoms with van der Waals surface area (Å²) in [6, 6.07) is 4.46. The summed E-state index contributed by atoms with van der Waals surface area (Å²) in [7, 11) is 0. The van der Waals surface area contributed by atoms with Crippen molar-refractivity contribution < 1.29 is 4.79 Å². The molecule has 4 nitrogen and oxygen atoms in total. The highest BCUT2D eigenvalue weighted by atomic mass is 16.2. The van der Waals surface area contributed by atoms with Crippen LogP contribution in [0.15, 0.2) is 18.3 Å². The maximum atomic E-state index is 11.9. The quantitative estimate of drug-likeness (QED) is 0.773. The van der Waals surface area contributed by atoms with Crippen molar-refractivity contribution >= 4 is 11.7 Å². The van der Waals surface area contributed by atoms with Crippen LogP contribution in [0.2, 0.25) is 0 Å². The van der Waals surface area contributed by atoms with Crippen LogP contribution in [-0.2, 0) is 11.3 Å². The van der Waals surface area contributed by atoms with Gasteiger partial charge in [0.15, 0.2) is 0 Å². The second-order valence-electron chi connectivity index (χ2n) is 4.44. The minimum absolute atomic E-state index is 0.268. The van der Waals surface area contributed by atoms with Gasteiger partial charge >= 0.3 is 0 Å². The number of nitrogens with one attached hydrogen (secondary N) is 1. The molecule has 1 N–H and O–H groups in total. The minimum Gasteiger partial charge on any atom is -0.369 e. The molecule has 1 aromatic heterocycles. The molecular weight excluding hydrogens is 202 g/mol. The van der Waals surface area contributed by atoms with Crippen molar-refractivity contribution in [3.05, 3.63) is 23.9 Å². The van der Waals surface area contributed by atoms with Gasteiger partial charge in [0.2, 0.25) is 5.91 Å². The smallest absolute Gasteiger partial charge is 0.224 e. The highest BCUT2D eigenvalue weighted by molar-refractivity contribution is 5.78. The summed E-state index contributed by atoms with van der Waals surface area (Å²) in [5.74, 6) is 1.20. The molecule has 4 heteroatoms. The lowest BCUT2D eigenvalue weighted by atomic mass is 10.2. The summed E-state index contributed by atoms with van der Waals surface area (Å²) in [5.41, 5.74) is 1.13. The molecule has 2 heterocycles. The topological polar surface area (TPSA) is 45.2 Å². The number of rotatable bonds is 1. The molecule has 0 aromatic carbocycles. The zero-order valence-electron chi connectivity index (χ0n) is 9.15. The molecular formula is C12H15N3O. The van der Waals surface area contributed by atoms with E-state index in [1.807, 2.05) is 17.0 Å². The van der Waals surface area contributed by atoms with Crippen molar-refractivity contribution in [2.75, 3.05) is 11.9 Å². The maximum Gasteiger partial charge on any atom is 0.224 e. The van der Waals surface area contributed by atoms with Gasteiger partial charge in [0.05, 0.1) is 0 Å². The lowest BCUT2D eigenvalue weighted by Gasteiger charge is -2.26. The number of fused-ring (bicyclic) bond motifs is 1. The van der Waals surface area contributed by atoms with Gasteiger partial charge < -0.3 is 10.2 Å². The third-order valence-electron chi connectivity index (χ3n) is 3.17. The second-order valence-corrected chi connectivity index (χ2v) is 4.44. The van der Waals surface area contributed by atoms with E-state index in [0.29, 0.717) is 25.6 Å². The standard InChI is InChI=1S/C12H15N3O/c16-11-5-7-14-12-9(2-1-6-13-12)8-15(11)10-3-4-10/h1-2,6,10H,3-5,7-8H2,(H,13,14). The molecule has 1 amide bonds. The summed E-state index contributed by atoms with van der Waals surface area (Å²) < 4.78 is 0. The molecule has 0 spiro atoms.